The molecule has 0 saturated heterocycles. The SMILES string of the molecule is Cc1ccc(-c2ccccc2C(=O)Nc2ccc(C(=O)N3CCC(=O)N(CC(=O)O)c4ccccc43)cc2)cc1. The number of carboxylic acid groups (broad SMARTS) is 1. The number of aliphatic carboxylic acids is 1. The third-order valence-electron chi connectivity index (χ3n) is 6.78. The highest BCUT2D eigenvalue weighted by Gasteiger charge is 2.30. The van der Waals surface area contributed by atoms with E-state index in [2.05, 4.69) is 5.32 Å². The number of hydrogen-bond donors (Lipinski definition) is 2. The maximum absolute atomic E-state index is 13.5. The van der Waals surface area contributed by atoms with Crippen LogP contribution in [0, 0.1) is 6.92 Å². The van der Waals surface area contributed by atoms with E-state index in [1.54, 1.807) is 54.6 Å². The number of benzene rings is 4. The summed E-state index contributed by atoms with van der Waals surface area (Å²) in [6.45, 7) is 1.63. The molecule has 0 saturated carbocycles. The molecule has 0 aromatic heterocycles. The van der Waals surface area contributed by atoms with E-state index in [1.807, 2.05) is 49.4 Å². The zero-order valence-electron chi connectivity index (χ0n) is 21.8. The van der Waals surface area contributed by atoms with Crippen LogP contribution in [0.25, 0.3) is 11.1 Å². The van der Waals surface area contributed by atoms with Gasteiger partial charge in [-0.05, 0) is 60.5 Å². The van der Waals surface area contributed by atoms with E-state index in [0.717, 1.165) is 16.7 Å². The minimum atomic E-state index is -1.14. The van der Waals surface area contributed by atoms with Crippen molar-refractivity contribution in [2.75, 3.05) is 28.2 Å². The first kappa shape index (κ1) is 26.4. The van der Waals surface area contributed by atoms with E-state index in [9.17, 15) is 24.3 Å². The van der Waals surface area contributed by atoms with Gasteiger partial charge < -0.3 is 15.3 Å². The molecule has 4 aromatic carbocycles. The Morgan fingerprint density at radius 1 is 0.825 bits per heavy atom. The Hall–Kier alpha value is -5.24. The van der Waals surface area contributed by atoms with Gasteiger partial charge in [-0.1, -0.05) is 60.2 Å². The van der Waals surface area contributed by atoms with Gasteiger partial charge >= 0.3 is 5.97 Å². The number of carbonyl (C=O) groups excluding carboxylic acids is 3. The molecular formula is C32H27N3O5. The third kappa shape index (κ3) is 5.47. The number of nitrogens with zero attached hydrogens (tertiary/aromatic N) is 2. The van der Waals surface area contributed by atoms with Crippen LogP contribution in [0.15, 0.2) is 97.1 Å². The molecule has 0 atom stereocenters. The number of carboxylic acids is 1. The Morgan fingerprint density at radius 2 is 1.48 bits per heavy atom. The zero-order chi connectivity index (χ0) is 28.2. The van der Waals surface area contributed by atoms with Crippen LogP contribution in [0.2, 0.25) is 0 Å². The van der Waals surface area contributed by atoms with Crippen molar-refractivity contribution in [1.82, 2.24) is 0 Å². The van der Waals surface area contributed by atoms with Gasteiger partial charge in [0.1, 0.15) is 6.54 Å². The van der Waals surface area contributed by atoms with E-state index >= 15 is 0 Å². The van der Waals surface area contributed by atoms with E-state index in [0.29, 0.717) is 28.2 Å². The van der Waals surface area contributed by atoms with Gasteiger partial charge in [-0.15, -0.1) is 0 Å². The fourth-order valence-electron chi connectivity index (χ4n) is 4.75. The van der Waals surface area contributed by atoms with E-state index in [-0.39, 0.29) is 30.7 Å². The van der Waals surface area contributed by atoms with Crippen molar-refractivity contribution < 1.29 is 24.3 Å². The molecule has 0 bridgehead atoms. The summed E-state index contributed by atoms with van der Waals surface area (Å²) in [6.07, 6.45) is -0.0117. The quantitative estimate of drug-likeness (QED) is 0.346. The summed E-state index contributed by atoms with van der Waals surface area (Å²) in [5, 5.41) is 12.2. The molecule has 200 valence electrons. The van der Waals surface area contributed by atoms with Crippen LogP contribution in [0.5, 0.6) is 0 Å². The highest BCUT2D eigenvalue weighted by molar-refractivity contribution is 6.12. The van der Waals surface area contributed by atoms with Gasteiger partial charge in [-0.25, -0.2) is 0 Å². The number of fused-ring (bicyclic) bond motifs is 1. The van der Waals surface area contributed by atoms with Crippen LogP contribution in [-0.2, 0) is 9.59 Å². The fraction of sp³-hybridized carbons (Fsp3) is 0.125. The average Bonchev–Trinajstić information content (AvgIpc) is 3.09. The molecule has 8 nitrogen and oxygen atoms in total. The van der Waals surface area contributed by atoms with Gasteiger partial charge in [0.15, 0.2) is 0 Å². The largest absolute Gasteiger partial charge is 0.480 e. The van der Waals surface area contributed by atoms with Crippen molar-refractivity contribution in [2.24, 2.45) is 0 Å². The summed E-state index contributed by atoms with van der Waals surface area (Å²) in [6, 6.07) is 28.7. The Kier molecular flexibility index (Phi) is 7.41. The van der Waals surface area contributed by atoms with E-state index < -0.39 is 12.5 Å². The second-order valence-corrected chi connectivity index (χ2v) is 9.51. The zero-order valence-corrected chi connectivity index (χ0v) is 21.8. The van der Waals surface area contributed by atoms with Crippen molar-refractivity contribution in [3.8, 4) is 11.1 Å². The molecule has 0 unspecified atom stereocenters. The minimum Gasteiger partial charge on any atom is -0.480 e. The number of nitrogens with one attached hydrogen (secondary N) is 1. The molecule has 8 heteroatoms. The molecule has 0 fully saturated rings. The summed E-state index contributed by atoms with van der Waals surface area (Å²) in [4.78, 5) is 53.5. The number of anilines is 3. The molecule has 1 aliphatic heterocycles. The van der Waals surface area contributed by atoms with Gasteiger partial charge in [0, 0.05) is 29.8 Å². The Balaban J connectivity index is 1.36. The van der Waals surface area contributed by atoms with Gasteiger partial charge in [0.05, 0.1) is 11.4 Å². The summed E-state index contributed by atoms with van der Waals surface area (Å²) in [7, 11) is 0. The lowest BCUT2D eigenvalue weighted by molar-refractivity contribution is -0.136. The van der Waals surface area contributed by atoms with E-state index in [1.165, 1.54) is 9.80 Å². The normalized spacial score (nSPS) is 12.9. The lowest BCUT2D eigenvalue weighted by Gasteiger charge is -2.24. The molecule has 0 spiro atoms. The van der Waals surface area contributed by atoms with Crippen LogP contribution < -0.4 is 15.1 Å². The first-order valence-corrected chi connectivity index (χ1v) is 12.8. The molecule has 40 heavy (non-hydrogen) atoms. The molecule has 5 rings (SSSR count). The molecule has 0 radical (unpaired) electrons. The minimum absolute atomic E-state index is 0.0117. The third-order valence-corrected chi connectivity index (χ3v) is 6.78. The topological polar surface area (TPSA) is 107 Å². The lowest BCUT2D eigenvalue weighted by Crippen LogP contribution is -2.35. The Morgan fingerprint density at radius 3 is 2.17 bits per heavy atom. The van der Waals surface area contributed by atoms with Crippen LogP contribution in [0.1, 0.15) is 32.7 Å². The highest BCUT2D eigenvalue weighted by Crippen LogP contribution is 2.34. The van der Waals surface area contributed by atoms with Crippen molar-refractivity contribution in [3.05, 3.63) is 114 Å². The smallest absolute Gasteiger partial charge is 0.323 e. The molecule has 1 heterocycles. The number of carbonyl (C=O) groups is 4. The maximum atomic E-state index is 13.5. The van der Waals surface area contributed by atoms with Crippen molar-refractivity contribution in [2.45, 2.75) is 13.3 Å². The second kappa shape index (κ2) is 11.2. The standard InChI is InChI=1S/C32H27N3O5/c1-21-10-12-22(13-11-21)25-6-2-3-7-26(25)31(39)33-24-16-14-23(15-17-24)32(40)34-19-18-29(36)35(20-30(37)38)28-9-5-4-8-27(28)34/h2-17H,18-20H2,1H3,(H,33,39)(H,37,38). The first-order chi connectivity index (χ1) is 19.3. The van der Waals surface area contributed by atoms with Crippen molar-refractivity contribution in [1.29, 1.82) is 0 Å². The molecule has 4 aromatic rings. The monoisotopic (exact) mass is 533 g/mol. The van der Waals surface area contributed by atoms with Crippen LogP contribution in [0.3, 0.4) is 0 Å². The predicted octanol–water partition coefficient (Wildman–Crippen LogP) is 5.38. The Bertz CT molecular complexity index is 1600. The number of rotatable bonds is 6. The van der Waals surface area contributed by atoms with Crippen LogP contribution in [-0.4, -0.2) is 41.9 Å². The Labute approximate surface area is 231 Å². The summed E-state index contributed by atoms with van der Waals surface area (Å²) >= 11 is 0. The molecule has 1 aliphatic rings. The number of amides is 3. The maximum Gasteiger partial charge on any atom is 0.323 e. The van der Waals surface area contributed by atoms with Crippen LogP contribution in [0.4, 0.5) is 17.1 Å². The van der Waals surface area contributed by atoms with E-state index in [4.69, 9.17) is 0 Å². The summed E-state index contributed by atoms with van der Waals surface area (Å²) in [5.41, 5.74) is 5.15. The summed E-state index contributed by atoms with van der Waals surface area (Å²) < 4.78 is 0. The fourth-order valence-corrected chi connectivity index (χ4v) is 4.75. The highest BCUT2D eigenvalue weighted by atomic mass is 16.4. The lowest BCUT2D eigenvalue weighted by atomic mass is 9.98. The first-order valence-electron chi connectivity index (χ1n) is 12.8. The average molecular weight is 534 g/mol. The molecule has 0 aliphatic carbocycles. The molecular weight excluding hydrogens is 506 g/mol. The number of aryl methyl sites for hydroxylation is 1. The van der Waals surface area contributed by atoms with Gasteiger partial charge in [-0.3, -0.25) is 24.1 Å². The number of para-hydroxylation sites is 2. The van der Waals surface area contributed by atoms with Gasteiger partial charge in [0.2, 0.25) is 5.91 Å². The van der Waals surface area contributed by atoms with Crippen LogP contribution >= 0.6 is 0 Å². The van der Waals surface area contributed by atoms with Gasteiger partial charge in [0.25, 0.3) is 11.8 Å². The summed E-state index contributed by atoms with van der Waals surface area (Å²) in [5.74, 6) is -2.11. The second-order valence-electron chi connectivity index (χ2n) is 9.51. The molecule has 2 N–H and O–H groups in total. The molecule has 3 amide bonds. The van der Waals surface area contributed by atoms with Crippen molar-refractivity contribution in [3.63, 3.8) is 0 Å². The van der Waals surface area contributed by atoms with Crippen molar-refractivity contribution >= 4 is 40.8 Å². The predicted molar refractivity (Wildman–Crippen MR) is 154 cm³/mol. The number of hydrogen-bond acceptors (Lipinski definition) is 4. The van der Waals surface area contributed by atoms with Gasteiger partial charge in [-0.2, -0.15) is 0 Å².